The van der Waals surface area contributed by atoms with Crippen LogP contribution in [0.2, 0.25) is 0 Å². The Labute approximate surface area is 131 Å². The van der Waals surface area contributed by atoms with Gasteiger partial charge in [0.2, 0.25) is 5.91 Å². The van der Waals surface area contributed by atoms with Crippen molar-refractivity contribution in [2.45, 2.75) is 25.8 Å². The molecular weight excluding hydrogens is 278 g/mol. The Balaban J connectivity index is 1.28. The van der Waals surface area contributed by atoms with E-state index in [2.05, 4.69) is 25.1 Å². The van der Waals surface area contributed by atoms with Crippen LogP contribution in [0.15, 0.2) is 12.4 Å². The summed E-state index contributed by atoms with van der Waals surface area (Å²) >= 11 is 0. The fourth-order valence-electron chi connectivity index (χ4n) is 4.12. The first-order valence-electron chi connectivity index (χ1n) is 8.47. The number of aromatic nitrogens is 2. The van der Waals surface area contributed by atoms with Gasteiger partial charge < -0.3 is 15.2 Å². The Morgan fingerprint density at radius 1 is 1.27 bits per heavy atom. The smallest absolute Gasteiger partial charge is 0.226 e. The first-order chi connectivity index (χ1) is 10.8. The van der Waals surface area contributed by atoms with Crippen molar-refractivity contribution in [3.8, 4) is 0 Å². The van der Waals surface area contributed by atoms with Gasteiger partial charge in [-0.25, -0.2) is 4.98 Å². The molecule has 6 nitrogen and oxygen atoms in total. The normalized spacial score (nSPS) is 28.0. The van der Waals surface area contributed by atoms with Crippen LogP contribution in [0.3, 0.4) is 0 Å². The molecular formula is C16H25N5O. The Bertz CT molecular complexity index is 515. The van der Waals surface area contributed by atoms with E-state index in [-0.39, 0.29) is 0 Å². The lowest BCUT2D eigenvalue weighted by Crippen LogP contribution is -2.49. The molecule has 120 valence electrons. The molecule has 1 aromatic rings. The highest BCUT2D eigenvalue weighted by Crippen LogP contribution is 2.59. The number of amides is 1. The van der Waals surface area contributed by atoms with E-state index in [4.69, 9.17) is 0 Å². The fourth-order valence-corrected chi connectivity index (χ4v) is 4.12. The number of rotatable bonds is 3. The van der Waals surface area contributed by atoms with Crippen molar-refractivity contribution in [1.29, 1.82) is 0 Å². The van der Waals surface area contributed by atoms with E-state index in [9.17, 15) is 4.79 Å². The zero-order valence-corrected chi connectivity index (χ0v) is 13.1. The van der Waals surface area contributed by atoms with Gasteiger partial charge >= 0.3 is 0 Å². The zero-order chi connectivity index (χ0) is 15.0. The minimum Gasteiger partial charge on any atom is -0.348 e. The van der Waals surface area contributed by atoms with Crippen molar-refractivity contribution < 1.29 is 4.79 Å². The third kappa shape index (κ3) is 2.65. The van der Waals surface area contributed by atoms with Crippen LogP contribution in [-0.4, -0.2) is 64.9 Å². The number of aromatic amines is 1. The molecule has 1 atom stereocenters. The van der Waals surface area contributed by atoms with Crippen LogP contribution in [0.5, 0.6) is 0 Å². The predicted octanol–water partition coefficient (Wildman–Crippen LogP) is 0.444. The number of piperazine rings is 1. The molecule has 4 rings (SSSR count). The molecule has 2 saturated heterocycles. The lowest BCUT2D eigenvalue weighted by molar-refractivity contribution is -0.135. The second-order valence-electron chi connectivity index (χ2n) is 7.01. The minimum atomic E-state index is 0.311. The minimum absolute atomic E-state index is 0.311. The summed E-state index contributed by atoms with van der Waals surface area (Å²) in [5.74, 6) is 1.74. The Morgan fingerprint density at radius 3 is 2.73 bits per heavy atom. The molecule has 1 unspecified atom stereocenters. The largest absolute Gasteiger partial charge is 0.348 e. The molecule has 2 aliphatic heterocycles. The van der Waals surface area contributed by atoms with Crippen LogP contribution in [0.1, 0.15) is 25.1 Å². The standard InChI is InChI=1S/C16H25N5O/c22-15(13-11-16(13)1-3-17-4-2-16)21-9-7-20(8-10-21)12-14-18-5-6-19-14/h5-6,13,17H,1-4,7-12H2,(H,18,19). The highest BCUT2D eigenvalue weighted by atomic mass is 16.2. The zero-order valence-electron chi connectivity index (χ0n) is 13.1. The molecule has 0 aromatic carbocycles. The molecule has 0 bridgehead atoms. The van der Waals surface area contributed by atoms with E-state index >= 15 is 0 Å². The SMILES string of the molecule is O=C(C1CC12CCNCC2)N1CCN(Cc2ncc[nH]2)CC1. The molecule has 1 aromatic heterocycles. The molecule has 1 aliphatic carbocycles. The topological polar surface area (TPSA) is 64.3 Å². The monoisotopic (exact) mass is 303 g/mol. The van der Waals surface area contributed by atoms with Gasteiger partial charge in [0.05, 0.1) is 6.54 Å². The van der Waals surface area contributed by atoms with Crippen LogP contribution >= 0.6 is 0 Å². The Hall–Kier alpha value is -1.40. The van der Waals surface area contributed by atoms with Crippen molar-refractivity contribution in [1.82, 2.24) is 25.1 Å². The Morgan fingerprint density at radius 2 is 2.05 bits per heavy atom. The van der Waals surface area contributed by atoms with Crippen molar-refractivity contribution in [3.63, 3.8) is 0 Å². The van der Waals surface area contributed by atoms with Crippen molar-refractivity contribution >= 4 is 5.91 Å². The highest BCUT2D eigenvalue weighted by Gasteiger charge is 2.58. The van der Waals surface area contributed by atoms with Gasteiger partial charge in [-0.3, -0.25) is 9.69 Å². The molecule has 1 spiro atoms. The number of hydrogen-bond donors (Lipinski definition) is 2. The van der Waals surface area contributed by atoms with Crippen LogP contribution in [0.25, 0.3) is 0 Å². The first kappa shape index (κ1) is 14.2. The molecule has 3 heterocycles. The second-order valence-corrected chi connectivity index (χ2v) is 7.01. The molecule has 22 heavy (non-hydrogen) atoms. The fraction of sp³-hybridized carbons (Fsp3) is 0.750. The predicted molar refractivity (Wildman–Crippen MR) is 83.1 cm³/mol. The second kappa shape index (κ2) is 5.66. The van der Waals surface area contributed by atoms with Gasteiger partial charge in [0.1, 0.15) is 5.82 Å². The molecule has 1 amide bonds. The van der Waals surface area contributed by atoms with E-state index in [0.29, 0.717) is 17.2 Å². The Kier molecular flexibility index (Phi) is 3.66. The van der Waals surface area contributed by atoms with Gasteiger partial charge in [0, 0.05) is 44.5 Å². The molecule has 1 saturated carbocycles. The third-order valence-corrected chi connectivity index (χ3v) is 5.70. The van der Waals surface area contributed by atoms with Gasteiger partial charge in [-0.1, -0.05) is 0 Å². The summed E-state index contributed by atoms with van der Waals surface area (Å²) in [5.41, 5.74) is 0.355. The van der Waals surface area contributed by atoms with Gasteiger partial charge in [-0.2, -0.15) is 0 Å². The van der Waals surface area contributed by atoms with E-state index in [1.807, 2.05) is 6.20 Å². The van der Waals surface area contributed by atoms with Crippen molar-refractivity contribution in [2.24, 2.45) is 11.3 Å². The number of imidazole rings is 1. The molecule has 0 radical (unpaired) electrons. The first-order valence-corrected chi connectivity index (χ1v) is 8.47. The lowest BCUT2D eigenvalue weighted by Gasteiger charge is -2.35. The summed E-state index contributed by atoms with van der Waals surface area (Å²) in [6.45, 7) is 6.66. The molecule has 6 heteroatoms. The summed E-state index contributed by atoms with van der Waals surface area (Å²) in [6.07, 6.45) is 7.14. The van der Waals surface area contributed by atoms with E-state index < -0.39 is 0 Å². The number of nitrogens with one attached hydrogen (secondary N) is 2. The van der Waals surface area contributed by atoms with Crippen LogP contribution < -0.4 is 5.32 Å². The lowest BCUT2D eigenvalue weighted by atomic mass is 9.91. The number of H-pyrrole nitrogens is 1. The summed E-state index contributed by atoms with van der Waals surface area (Å²) in [4.78, 5) is 24.6. The third-order valence-electron chi connectivity index (χ3n) is 5.70. The maximum Gasteiger partial charge on any atom is 0.226 e. The van der Waals surface area contributed by atoms with Gasteiger partial charge in [0.15, 0.2) is 0 Å². The highest BCUT2D eigenvalue weighted by molar-refractivity contribution is 5.82. The van der Waals surface area contributed by atoms with Crippen molar-refractivity contribution in [3.05, 3.63) is 18.2 Å². The maximum absolute atomic E-state index is 12.7. The summed E-state index contributed by atoms with van der Waals surface area (Å²) in [5, 5.41) is 3.41. The van der Waals surface area contributed by atoms with Gasteiger partial charge in [-0.15, -0.1) is 0 Å². The molecule has 3 aliphatic rings. The van der Waals surface area contributed by atoms with E-state index in [1.165, 1.54) is 12.8 Å². The van der Waals surface area contributed by atoms with Crippen molar-refractivity contribution in [2.75, 3.05) is 39.3 Å². The summed E-state index contributed by atoms with van der Waals surface area (Å²) in [6, 6.07) is 0. The van der Waals surface area contributed by atoms with Gasteiger partial charge in [0.25, 0.3) is 0 Å². The number of nitrogens with zero attached hydrogens (tertiary/aromatic N) is 3. The maximum atomic E-state index is 12.7. The quantitative estimate of drug-likeness (QED) is 0.851. The number of carbonyl (C=O) groups excluding carboxylic acids is 1. The van der Waals surface area contributed by atoms with Crippen LogP contribution in [-0.2, 0) is 11.3 Å². The number of hydrogen-bond acceptors (Lipinski definition) is 4. The number of carbonyl (C=O) groups is 1. The number of piperidine rings is 1. The molecule has 2 N–H and O–H groups in total. The van der Waals surface area contributed by atoms with E-state index in [0.717, 1.165) is 58.1 Å². The average molecular weight is 303 g/mol. The van der Waals surface area contributed by atoms with Crippen LogP contribution in [0.4, 0.5) is 0 Å². The average Bonchev–Trinajstić information content (AvgIpc) is 2.99. The van der Waals surface area contributed by atoms with Crippen LogP contribution in [0, 0.1) is 11.3 Å². The van der Waals surface area contributed by atoms with Gasteiger partial charge in [-0.05, 0) is 37.8 Å². The summed E-state index contributed by atoms with van der Waals surface area (Å²) in [7, 11) is 0. The molecule has 3 fully saturated rings. The van der Waals surface area contributed by atoms with E-state index in [1.54, 1.807) is 6.20 Å². The summed E-state index contributed by atoms with van der Waals surface area (Å²) < 4.78 is 0.